The number of fused-ring (bicyclic) bond motifs is 3. The molecule has 4 aromatic rings. The van der Waals surface area contributed by atoms with Gasteiger partial charge in [0.1, 0.15) is 12.4 Å². The lowest BCUT2D eigenvalue weighted by Gasteiger charge is -2.16. The number of nitrogens with zero attached hydrogens (tertiary/aromatic N) is 2. The third-order valence-electron chi connectivity index (χ3n) is 4.66. The van der Waals surface area contributed by atoms with Gasteiger partial charge in [-0.1, -0.05) is 24.3 Å². The minimum absolute atomic E-state index is 0.100. The molecular weight excluding hydrogens is 370 g/mol. The van der Waals surface area contributed by atoms with Gasteiger partial charge in [-0.05, 0) is 35.9 Å². The average molecular weight is 387 g/mol. The zero-order valence-electron chi connectivity index (χ0n) is 15.0. The first-order valence-corrected chi connectivity index (χ1v) is 9.79. The van der Waals surface area contributed by atoms with E-state index < -0.39 is 0 Å². The summed E-state index contributed by atoms with van der Waals surface area (Å²) in [5.74, 6) is 0.771. The molecular formula is C22H17N3O2S. The summed E-state index contributed by atoms with van der Waals surface area (Å²) in [6.07, 6.45) is 5.45. The Balaban J connectivity index is 1.37. The number of rotatable bonds is 4. The normalized spacial score (nSPS) is 12.0. The van der Waals surface area contributed by atoms with Gasteiger partial charge >= 0.3 is 0 Å². The van der Waals surface area contributed by atoms with Crippen LogP contribution in [0.4, 0.5) is 5.69 Å². The number of carbonyl (C=O) groups is 1. The van der Waals surface area contributed by atoms with Gasteiger partial charge in [-0.25, -0.2) is 4.98 Å². The van der Waals surface area contributed by atoms with Gasteiger partial charge in [0.2, 0.25) is 0 Å². The zero-order chi connectivity index (χ0) is 18.9. The van der Waals surface area contributed by atoms with E-state index in [4.69, 9.17) is 4.74 Å². The van der Waals surface area contributed by atoms with Crippen molar-refractivity contribution in [3.63, 3.8) is 0 Å². The molecule has 0 spiro atoms. The number of amides is 1. The minimum Gasteiger partial charge on any atom is -0.488 e. The first kappa shape index (κ1) is 16.8. The van der Waals surface area contributed by atoms with Crippen molar-refractivity contribution in [2.75, 3.05) is 5.32 Å². The molecule has 5 rings (SSSR count). The molecule has 1 aliphatic rings. The lowest BCUT2D eigenvalue weighted by Crippen LogP contribution is -2.10. The summed E-state index contributed by atoms with van der Waals surface area (Å²) >= 11 is 1.51. The Bertz CT molecular complexity index is 1150. The second-order valence-corrected chi connectivity index (χ2v) is 7.69. The molecule has 138 valence electrons. The van der Waals surface area contributed by atoms with Crippen molar-refractivity contribution in [3.8, 4) is 16.2 Å². The fraction of sp³-hybridized carbons (Fsp3) is 0.0909. The van der Waals surface area contributed by atoms with Crippen molar-refractivity contribution in [2.45, 2.75) is 13.2 Å². The Labute approximate surface area is 166 Å². The molecule has 0 aliphatic carbocycles. The molecule has 0 atom stereocenters. The maximum absolute atomic E-state index is 12.8. The summed E-state index contributed by atoms with van der Waals surface area (Å²) in [6.45, 7) is 1.21. The van der Waals surface area contributed by atoms with Crippen molar-refractivity contribution >= 4 is 22.9 Å². The third kappa shape index (κ3) is 3.18. The number of hydrogen-bond acceptors (Lipinski definition) is 4. The number of aromatic nitrogens is 2. The van der Waals surface area contributed by atoms with Crippen LogP contribution in [0, 0.1) is 0 Å². The van der Waals surface area contributed by atoms with Crippen molar-refractivity contribution in [1.82, 2.24) is 9.55 Å². The molecule has 1 amide bonds. The van der Waals surface area contributed by atoms with Gasteiger partial charge in [0.15, 0.2) is 0 Å². The van der Waals surface area contributed by atoms with E-state index in [1.807, 2.05) is 65.4 Å². The van der Waals surface area contributed by atoms with Gasteiger partial charge in [0, 0.05) is 40.6 Å². The SMILES string of the molecule is O=C(Nc1cccc(Cn2ccnc2)c1)c1cc2c(s1)-c1ccccc1OC2. The largest absolute Gasteiger partial charge is 0.488 e. The summed E-state index contributed by atoms with van der Waals surface area (Å²) in [5.41, 5.74) is 3.99. The molecule has 2 aromatic heterocycles. The van der Waals surface area contributed by atoms with Crippen LogP contribution in [-0.4, -0.2) is 15.5 Å². The molecule has 5 nitrogen and oxygen atoms in total. The summed E-state index contributed by atoms with van der Waals surface area (Å²) in [7, 11) is 0. The van der Waals surface area contributed by atoms with Crippen LogP contribution in [-0.2, 0) is 13.2 Å². The van der Waals surface area contributed by atoms with E-state index in [2.05, 4.69) is 10.3 Å². The molecule has 0 radical (unpaired) electrons. The molecule has 0 saturated carbocycles. The van der Waals surface area contributed by atoms with E-state index in [1.165, 1.54) is 11.3 Å². The van der Waals surface area contributed by atoms with Gasteiger partial charge in [-0.15, -0.1) is 11.3 Å². The lowest BCUT2D eigenvalue weighted by atomic mass is 10.1. The Hall–Kier alpha value is -3.38. The molecule has 2 aromatic carbocycles. The number of carbonyl (C=O) groups excluding carboxylic acids is 1. The fourth-order valence-corrected chi connectivity index (χ4v) is 4.43. The highest BCUT2D eigenvalue weighted by Crippen LogP contribution is 2.42. The number of hydrogen-bond donors (Lipinski definition) is 1. The van der Waals surface area contributed by atoms with Crippen molar-refractivity contribution in [1.29, 1.82) is 0 Å². The summed E-state index contributed by atoms with van der Waals surface area (Å²) < 4.78 is 7.79. The summed E-state index contributed by atoms with van der Waals surface area (Å²) in [5, 5.41) is 3.02. The van der Waals surface area contributed by atoms with E-state index in [-0.39, 0.29) is 5.91 Å². The topological polar surface area (TPSA) is 56.2 Å². The van der Waals surface area contributed by atoms with E-state index in [0.717, 1.165) is 33.0 Å². The maximum atomic E-state index is 12.8. The molecule has 0 saturated heterocycles. The second-order valence-electron chi connectivity index (χ2n) is 6.64. The van der Waals surface area contributed by atoms with Gasteiger partial charge < -0.3 is 14.6 Å². The molecule has 3 heterocycles. The Kier molecular flexibility index (Phi) is 4.18. The van der Waals surface area contributed by atoms with Crippen molar-refractivity contribution in [2.24, 2.45) is 0 Å². The van der Waals surface area contributed by atoms with Crippen LogP contribution in [0.15, 0.2) is 73.3 Å². The highest BCUT2D eigenvalue weighted by Gasteiger charge is 2.22. The molecule has 28 heavy (non-hydrogen) atoms. The van der Waals surface area contributed by atoms with Gasteiger partial charge in [0.25, 0.3) is 5.91 Å². The van der Waals surface area contributed by atoms with Gasteiger partial charge in [0.05, 0.1) is 11.2 Å². The number of para-hydroxylation sites is 1. The van der Waals surface area contributed by atoms with E-state index in [1.54, 1.807) is 12.5 Å². The molecule has 0 unspecified atom stereocenters. The van der Waals surface area contributed by atoms with Crippen LogP contribution in [0.3, 0.4) is 0 Å². The van der Waals surface area contributed by atoms with Crippen molar-refractivity contribution < 1.29 is 9.53 Å². The average Bonchev–Trinajstić information content (AvgIpc) is 3.38. The number of benzene rings is 2. The monoisotopic (exact) mass is 387 g/mol. The fourth-order valence-electron chi connectivity index (χ4n) is 3.34. The number of nitrogens with one attached hydrogen (secondary N) is 1. The standard InChI is InChI=1S/C22H17N3O2S/c26-22(24-17-5-3-4-15(10-17)12-25-9-8-23-14-25)20-11-16-13-27-19-7-2-1-6-18(19)21(16)28-20/h1-11,14H,12-13H2,(H,24,26). The smallest absolute Gasteiger partial charge is 0.265 e. The van der Waals surface area contributed by atoms with Crippen LogP contribution < -0.4 is 10.1 Å². The number of imidazole rings is 1. The van der Waals surface area contributed by atoms with Crippen LogP contribution in [0.1, 0.15) is 20.8 Å². The van der Waals surface area contributed by atoms with Crippen LogP contribution >= 0.6 is 11.3 Å². The predicted molar refractivity (Wildman–Crippen MR) is 110 cm³/mol. The Morgan fingerprint density at radius 2 is 2.11 bits per heavy atom. The number of thiophene rings is 1. The zero-order valence-corrected chi connectivity index (χ0v) is 15.8. The third-order valence-corrected chi connectivity index (χ3v) is 5.87. The lowest BCUT2D eigenvalue weighted by molar-refractivity contribution is 0.103. The first-order chi connectivity index (χ1) is 13.8. The molecule has 1 N–H and O–H groups in total. The van der Waals surface area contributed by atoms with Crippen LogP contribution in [0.2, 0.25) is 0 Å². The van der Waals surface area contributed by atoms with Gasteiger partial charge in [-0.3, -0.25) is 4.79 Å². The second kappa shape index (κ2) is 6.98. The molecule has 1 aliphatic heterocycles. The predicted octanol–water partition coefficient (Wildman–Crippen LogP) is 4.80. The van der Waals surface area contributed by atoms with E-state index in [9.17, 15) is 4.79 Å². The highest BCUT2D eigenvalue weighted by atomic mass is 32.1. The maximum Gasteiger partial charge on any atom is 0.265 e. The summed E-state index contributed by atoms with van der Waals surface area (Å²) in [6, 6.07) is 17.8. The van der Waals surface area contributed by atoms with Crippen LogP contribution in [0.25, 0.3) is 10.4 Å². The van der Waals surface area contributed by atoms with E-state index >= 15 is 0 Å². The highest BCUT2D eigenvalue weighted by molar-refractivity contribution is 7.17. The quantitative estimate of drug-likeness (QED) is 0.547. The first-order valence-electron chi connectivity index (χ1n) is 8.97. The molecule has 0 bridgehead atoms. The van der Waals surface area contributed by atoms with E-state index in [0.29, 0.717) is 18.0 Å². The van der Waals surface area contributed by atoms with Gasteiger partial charge in [-0.2, -0.15) is 0 Å². The molecule has 6 heteroatoms. The minimum atomic E-state index is -0.100. The van der Waals surface area contributed by atoms with Crippen molar-refractivity contribution in [3.05, 3.63) is 89.3 Å². The Morgan fingerprint density at radius 1 is 1.18 bits per heavy atom. The Morgan fingerprint density at radius 3 is 3.00 bits per heavy atom. The summed E-state index contributed by atoms with van der Waals surface area (Å²) in [4.78, 5) is 18.7. The number of ether oxygens (including phenoxy) is 1. The van der Waals surface area contributed by atoms with Crippen LogP contribution in [0.5, 0.6) is 5.75 Å². The molecule has 0 fully saturated rings. The number of anilines is 1.